The summed E-state index contributed by atoms with van der Waals surface area (Å²) < 4.78 is 17.6. The number of nitrogens with zero attached hydrogens (tertiary/aromatic N) is 1. The van der Waals surface area contributed by atoms with Crippen molar-refractivity contribution in [2.24, 2.45) is 16.7 Å². The van der Waals surface area contributed by atoms with Crippen molar-refractivity contribution in [1.29, 1.82) is 5.26 Å². The van der Waals surface area contributed by atoms with Crippen molar-refractivity contribution in [2.75, 3.05) is 13.7 Å². The van der Waals surface area contributed by atoms with Crippen LogP contribution in [0, 0.1) is 28.1 Å². The molecule has 218 valence electrons. The van der Waals surface area contributed by atoms with Crippen LogP contribution in [-0.4, -0.2) is 54.5 Å². The van der Waals surface area contributed by atoms with Crippen molar-refractivity contribution in [3.8, 4) is 17.6 Å². The number of carboxylic acid groups (broad SMARTS) is 1. The van der Waals surface area contributed by atoms with E-state index in [1.54, 1.807) is 13.8 Å². The topological polar surface area (TPSA) is 147 Å². The predicted molar refractivity (Wildman–Crippen MR) is 146 cm³/mol. The molecule has 1 saturated heterocycles. The number of rotatable bonds is 10. The number of ether oxygens (including phenoxy) is 3. The molecule has 3 atom stereocenters. The maximum atomic E-state index is 13.6. The second-order valence-electron chi connectivity index (χ2n) is 12.3. The molecular formula is C30H41N3O7. The Bertz CT molecular complexity index is 1200. The van der Waals surface area contributed by atoms with Crippen molar-refractivity contribution in [2.45, 2.75) is 97.0 Å². The fraction of sp³-hybridized carbons (Fsp3) is 0.667. The average Bonchev–Trinajstić information content (AvgIpc) is 2.90. The molecule has 4 rings (SSSR count). The molecule has 0 bridgehead atoms. The normalized spacial score (nSPS) is 30.6. The largest absolute Gasteiger partial charge is 0.496 e. The molecule has 1 aromatic rings. The maximum Gasteiger partial charge on any atom is 0.309 e. The first-order valence-corrected chi connectivity index (χ1v) is 14.2. The third-order valence-electron chi connectivity index (χ3n) is 9.17. The number of carbonyl (C=O) groups excluding carboxylic acids is 2. The SMILES string of the molecule is CC[C@@H]1O[C@](C)(NC(=O)c2cc(OC3CCC(C)(C(=O)O)CC3)c(C#N)cc2OC)[C@@H]1C(=O)NCC1(C)CCC1. The summed E-state index contributed by atoms with van der Waals surface area (Å²) in [5, 5.41) is 25.2. The Morgan fingerprint density at radius 1 is 1.12 bits per heavy atom. The second-order valence-corrected chi connectivity index (χ2v) is 12.3. The molecule has 0 aromatic heterocycles. The number of amides is 2. The van der Waals surface area contributed by atoms with Crippen LogP contribution >= 0.6 is 0 Å². The summed E-state index contributed by atoms with van der Waals surface area (Å²) >= 11 is 0. The summed E-state index contributed by atoms with van der Waals surface area (Å²) in [7, 11) is 1.41. The predicted octanol–water partition coefficient (Wildman–Crippen LogP) is 4.16. The van der Waals surface area contributed by atoms with Crippen LogP contribution in [0.2, 0.25) is 0 Å². The molecule has 0 spiro atoms. The van der Waals surface area contributed by atoms with Crippen molar-refractivity contribution in [1.82, 2.24) is 10.6 Å². The number of carbonyl (C=O) groups is 3. The average molecular weight is 556 g/mol. The summed E-state index contributed by atoms with van der Waals surface area (Å²) in [5.41, 5.74) is -1.53. The lowest BCUT2D eigenvalue weighted by molar-refractivity contribution is -0.254. The maximum absolute atomic E-state index is 13.6. The van der Waals surface area contributed by atoms with E-state index in [1.165, 1.54) is 25.7 Å². The molecule has 0 radical (unpaired) electrons. The zero-order valence-electron chi connectivity index (χ0n) is 24.1. The van der Waals surface area contributed by atoms with E-state index in [1.807, 2.05) is 6.92 Å². The van der Waals surface area contributed by atoms with Gasteiger partial charge in [0.2, 0.25) is 5.91 Å². The minimum atomic E-state index is -1.22. The van der Waals surface area contributed by atoms with E-state index in [4.69, 9.17) is 14.2 Å². The van der Waals surface area contributed by atoms with E-state index in [-0.39, 0.29) is 46.2 Å². The first-order valence-electron chi connectivity index (χ1n) is 14.2. The highest BCUT2D eigenvalue weighted by molar-refractivity contribution is 5.98. The number of nitriles is 1. The number of carboxylic acids is 1. The van der Waals surface area contributed by atoms with E-state index in [2.05, 4.69) is 23.6 Å². The van der Waals surface area contributed by atoms with Crippen molar-refractivity contribution < 1.29 is 33.7 Å². The van der Waals surface area contributed by atoms with Crippen LogP contribution in [0.4, 0.5) is 0 Å². The molecule has 10 nitrogen and oxygen atoms in total. The van der Waals surface area contributed by atoms with Crippen LogP contribution in [0.1, 0.15) is 95.0 Å². The van der Waals surface area contributed by atoms with Gasteiger partial charge >= 0.3 is 5.97 Å². The van der Waals surface area contributed by atoms with Gasteiger partial charge in [0.1, 0.15) is 23.5 Å². The van der Waals surface area contributed by atoms with E-state index < -0.39 is 28.9 Å². The molecular weight excluding hydrogens is 514 g/mol. The van der Waals surface area contributed by atoms with Gasteiger partial charge in [-0.05, 0) is 70.3 Å². The Morgan fingerprint density at radius 2 is 1.80 bits per heavy atom. The summed E-state index contributed by atoms with van der Waals surface area (Å²) in [6.07, 6.45) is 5.31. The smallest absolute Gasteiger partial charge is 0.309 e. The van der Waals surface area contributed by atoms with Gasteiger partial charge in [-0.15, -0.1) is 0 Å². The highest BCUT2D eigenvalue weighted by atomic mass is 16.6. The van der Waals surface area contributed by atoms with E-state index in [9.17, 15) is 24.8 Å². The first kappa shape index (κ1) is 29.7. The first-order chi connectivity index (χ1) is 18.9. The van der Waals surface area contributed by atoms with E-state index in [0.29, 0.717) is 38.6 Å². The highest BCUT2D eigenvalue weighted by Crippen LogP contribution is 2.42. The molecule has 2 aliphatic carbocycles. The molecule has 3 aliphatic rings. The van der Waals surface area contributed by atoms with Crippen molar-refractivity contribution >= 4 is 17.8 Å². The molecule has 0 unspecified atom stereocenters. The molecule has 2 amide bonds. The van der Waals surface area contributed by atoms with Gasteiger partial charge in [-0.2, -0.15) is 5.26 Å². The van der Waals surface area contributed by atoms with Gasteiger partial charge in [0.15, 0.2) is 5.72 Å². The van der Waals surface area contributed by atoms with Crippen molar-refractivity contribution in [3.05, 3.63) is 23.3 Å². The van der Waals surface area contributed by atoms with Crippen LogP contribution in [0.3, 0.4) is 0 Å². The van der Waals surface area contributed by atoms with Gasteiger partial charge in [0, 0.05) is 12.6 Å². The van der Waals surface area contributed by atoms with Gasteiger partial charge in [-0.1, -0.05) is 20.3 Å². The zero-order valence-corrected chi connectivity index (χ0v) is 24.1. The monoisotopic (exact) mass is 555 g/mol. The van der Waals surface area contributed by atoms with Crippen LogP contribution < -0.4 is 20.1 Å². The quantitative estimate of drug-likeness (QED) is 0.390. The lowest BCUT2D eigenvalue weighted by atomic mass is 9.70. The second kappa shape index (κ2) is 11.3. The van der Waals surface area contributed by atoms with Crippen molar-refractivity contribution in [3.63, 3.8) is 0 Å². The Morgan fingerprint density at radius 3 is 2.33 bits per heavy atom. The molecule has 2 saturated carbocycles. The van der Waals surface area contributed by atoms with Gasteiger partial charge in [-0.3, -0.25) is 14.4 Å². The van der Waals surface area contributed by atoms with Gasteiger partial charge < -0.3 is 30.0 Å². The molecule has 1 heterocycles. The van der Waals surface area contributed by atoms with E-state index >= 15 is 0 Å². The number of nitrogens with one attached hydrogen (secondary N) is 2. The number of methoxy groups -OCH3 is 1. The lowest BCUT2D eigenvalue weighted by Crippen LogP contribution is -2.71. The van der Waals surface area contributed by atoms with Gasteiger partial charge in [-0.25, -0.2) is 0 Å². The number of benzene rings is 1. The molecule has 40 heavy (non-hydrogen) atoms. The number of hydrogen-bond acceptors (Lipinski definition) is 7. The third-order valence-corrected chi connectivity index (χ3v) is 9.17. The Labute approximate surface area is 235 Å². The molecule has 3 fully saturated rings. The van der Waals surface area contributed by atoms with Gasteiger partial charge in [0.25, 0.3) is 5.91 Å². The number of aliphatic carboxylic acids is 1. The van der Waals surface area contributed by atoms with E-state index in [0.717, 1.165) is 12.8 Å². The molecule has 10 heteroatoms. The molecule has 1 aromatic carbocycles. The van der Waals surface area contributed by atoms with Crippen LogP contribution in [0.5, 0.6) is 11.5 Å². The fourth-order valence-electron chi connectivity index (χ4n) is 6.07. The summed E-state index contributed by atoms with van der Waals surface area (Å²) in [6.45, 7) is 8.13. The summed E-state index contributed by atoms with van der Waals surface area (Å²) in [4.78, 5) is 38.4. The lowest BCUT2D eigenvalue weighted by Gasteiger charge is -2.52. The summed E-state index contributed by atoms with van der Waals surface area (Å²) in [5.74, 6) is -1.63. The van der Waals surface area contributed by atoms with Crippen LogP contribution in [0.15, 0.2) is 12.1 Å². The number of hydrogen-bond donors (Lipinski definition) is 3. The Kier molecular flexibility index (Phi) is 8.36. The van der Waals surface area contributed by atoms with Gasteiger partial charge in [0.05, 0.1) is 35.9 Å². The Hall–Kier alpha value is -3.32. The Balaban J connectivity index is 1.50. The zero-order chi connectivity index (χ0) is 29.3. The minimum absolute atomic E-state index is 0.123. The van der Waals surface area contributed by atoms with Crippen LogP contribution in [0.25, 0.3) is 0 Å². The highest BCUT2D eigenvalue weighted by Gasteiger charge is 2.56. The summed E-state index contributed by atoms with van der Waals surface area (Å²) in [6, 6.07) is 5.02. The minimum Gasteiger partial charge on any atom is -0.496 e. The molecule has 3 N–H and O–H groups in total. The van der Waals surface area contributed by atoms with Crippen LogP contribution in [-0.2, 0) is 14.3 Å². The standard InChI is InChI=1S/C30H41N3O7/c1-6-21-24(26(35)32-17-28(2)10-7-11-28)30(4,40-21)33-25(34)20-15-22(18(16-31)14-23(20)38-5)39-19-8-12-29(3,13-9-19)27(36)37/h14-15,19,21,24H,6-13,17H2,1-5H3,(H,32,35)(H,33,34)(H,36,37)/t19?,21-,24-,29?,30-/m0/s1. The third kappa shape index (κ3) is 5.75. The molecule has 1 aliphatic heterocycles. The fourth-order valence-corrected chi connectivity index (χ4v) is 6.07.